The van der Waals surface area contributed by atoms with E-state index >= 15 is 0 Å². The molecule has 0 atom stereocenters. The van der Waals surface area contributed by atoms with E-state index in [9.17, 15) is 9.59 Å². The number of H-pyrrole nitrogens is 1. The number of ether oxygens (including phenoxy) is 2. The van der Waals surface area contributed by atoms with Crippen molar-refractivity contribution in [1.82, 2.24) is 14.9 Å². The zero-order valence-electron chi connectivity index (χ0n) is 16.2. The fraction of sp³-hybridized carbons (Fsp3) is 0.286. The first-order valence-electron chi connectivity index (χ1n) is 9.07. The molecule has 3 rings (SSSR count). The van der Waals surface area contributed by atoms with E-state index in [4.69, 9.17) is 9.47 Å². The van der Waals surface area contributed by atoms with Crippen molar-refractivity contribution in [3.05, 3.63) is 64.2 Å². The summed E-state index contributed by atoms with van der Waals surface area (Å²) >= 11 is 0. The molecule has 0 saturated carbocycles. The Kier molecular flexibility index (Phi) is 5.93. The molecule has 7 heteroatoms. The van der Waals surface area contributed by atoms with Crippen LogP contribution in [-0.4, -0.2) is 41.5 Å². The third-order valence-electron chi connectivity index (χ3n) is 4.27. The first kappa shape index (κ1) is 19.4. The van der Waals surface area contributed by atoms with Gasteiger partial charge in [0.1, 0.15) is 5.82 Å². The highest BCUT2D eigenvalue weighted by molar-refractivity contribution is 5.94. The number of benzene rings is 2. The van der Waals surface area contributed by atoms with Gasteiger partial charge in [0.2, 0.25) is 0 Å². The maximum absolute atomic E-state index is 12.8. The van der Waals surface area contributed by atoms with Crippen LogP contribution < -0.4 is 15.0 Å². The van der Waals surface area contributed by atoms with Gasteiger partial charge in [-0.15, -0.1) is 0 Å². The van der Waals surface area contributed by atoms with Gasteiger partial charge < -0.3 is 19.4 Å². The average Bonchev–Trinajstić information content (AvgIpc) is 2.71. The van der Waals surface area contributed by atoms with Crippen LogP contribution in [0.25, 0.3) is 10.9 Å². The van der Waals surface area contributed by atoms with Gasteiger partial charge in [0.05, 0.1) is 31.2 Å². The lowest BCUT2D eigenvalue weighted by atomic mass is 10.1. The first-order valence-corrected chi connectivity index (χ1v) is 9.07. The molecule has 146 valence electrons. The lowest BCUT2D eigenvalue weighted by Gasteiger charge is -2.18. The van der Waals surface area contributed by atoms with Crippen LogP contribution in [0.3, 0.4) is 0 Å². The number of rotatable bonds is 7. The summed E-state index contributed by atoms with van der Waals surface area (Å²) in [5, 5.41) is 0.521. The highest BCUT2D eigenvalue weighted by Gasteiger charge is 2.16. The molecule has 2 aromatic carbocycles. The minimum Gasteiger partial charge on any atom is -0.493 e. The summed E-state index contributed by atoms with van der Waals surface area (Å²) in [6.45, 7) is 2.77. The SMILES string of the molecule is CCCOc1ccc(C(=O)N(C)Cc2nc3ccccc3c(=O)[nH]2)cc1OC. The quantitative estimate of drug-likeness (QED) is 0.680. The van der Waals surface area contributed by atoms with Crippen molar-refractivity contribution >= 4 is 16.8 Å². The molecule has 28 heavy (non-hydrogen) atoms. The van der Waals surface area contributed by atoms with Gasteiger partial charge in [-0.25, -0.2) is 4.98 Å². The van der Waals surface area contributed by atoms with Crippen molar-refractivity contribution < 1.29 is 14.3 Å². The molecular weight excluding hydrogens is 358 g/mol. The van der Waals surface area contributed by atoms with Crippen LogP contribution in [0.1, 0.15) is 29.5 Å². The van der Waals surface area contributed by atoms with Gasteiger partial charge in [0.15, 0.2) is 11.5 Å². The average molecular weight is 381 g/mol. The van der Waals surface area contributed by atoms with Crippen LogP contribution in [-0.2, 0) is 6.54 Å². The van der Waals surface area contributed by atoms with Gasteiger partial charge in [-0.2, -0.15) is 0 Å². The number of amides is 1. The molecule has 1 heterocycles. The van der Waals surface area contributed by atoms with E-state index in [1.807, 2.05) is 13.0 Å². The number of carbonyl (C=O) groups is 1. The van der Waals surface area contributed by atoms with Gasteiger partial charge in [-0.05, 0) is 36.8 Å². The molecule has 0 aliphatic rings. The Balaban J connectivity index is 1.80. The number of fused-ring (bicyclic) bond motifs is 1. The Hall–Kier alpha value is -3.35. The van der Waals surface area contributed by atoms with Crippen LogP contribution in [0, 0.1) is 0 Å². The smallest absolute Gasteiger partial charge is 0.258 e. The maximum atomic E-state index is 12.8. The standard InChI is InChI=1S/C21H23N3O4/c1-4-11-28-17-10-9-14(12-18(17)27-3)21(26)24(2)13-19-22-16-8-6-5-7-15(16)20(25)23-19/h5-10,12H,4,11,13H2,1-3H3,(H,22,23,25). The molecule has 1 aromatic heterocycles. The van der Waals surface area contributed by atoms with E-state index in [2.05, 4.69) is 9.97 Å². The number of carbonyl (C=O) groups excluding carboxylic acids is 1. The van der Waals surface area contributed by atoms with Gasteiger partial charge >= 0.3 is 0 Å². The number of hydrogen-bond donors (Lipinski definition) is 1. The van der Waals surface area contributed by atoms with Gasteiger partial charge in [-0.1, -0.05) is 19.1 Å². The summed E-state index contributed by atoms with van der Waals surface area (Å²) < 4.78 is 11.0. The Morgan fingerprint density at radius 1 is 1.18 bits per heavy atom. The summed E-state index contributed by atoms with van der Waals surface area (Å²) in [6, 6.07) is 12.2. The van der Waals surface area contributed by atoms with Crippen LogP contribution in [0.4, 0.5) is 0 Å². The first-order chi connectivity index (χ1) is 13.5. The highest BCUT2D eigenvalue weighted by Crippen LogP contribution is 2.28. The highest BCUT2D eigenvalue weighted by atomic mass is 16.5. The van der Waals surface area contributed by atoms with E-state index in [1.54, 1.807) is 43.4 Å². The zero-order valence-corrected chi connectivity index (χ0v) is 16.2. The Morgan fingerprint density at radius 3 is 2.71 bits per heavy atom. The topological polar surface area (TPSA) is 84.5 Å². The molecule has 0 saturated heterocycles. The summed E-state index contributed by atoms with van der Waals surface area (Å²) in [5.74, 6) is 1.32. The van der Waals surface area contributed by atoms with Gasteiger partial charge in [0.25, 0.3) is 11.5 Å². The molecule has 0 spiro atoms. The minimum absolute atomic E-state index is 0.176. The van der Waals surface area contributed by atoms with Crippen molar-refractivity contribution in [1.29, 1.82) is 0 Å². The van der Waals surface area contributed by atoms with E-state index < -0.39 is 0 Å². The molecule has 0 bridgehead atoms. The van der Waals surface area contributed by atoms with Crippen molar-refractivity contribution in [3.8, 4) is 11.5 Å². The summed E-state index contributed by atoms with van der Waals surface area (Å²) in [5.41, 5.74) is 0.841. The van der Waals surface area contributed by atoms with Crippen LogP contribution in [0.2, 0.25) is 0 Å². The van der Waals surface area contributed by atoms with Gasteiger partial charge in [-0.3, -0.25) is 9.59 Å². The largest absolute Gasteiger partial charge is 0.493 e. The third-order valence-corrected chi connectivity index (χ3v) is 4.27. The molecule has 0 unspecified atom stereocenters. The number of methoxy groups -OCH3 is 1. The van der Waals surface area contributed by atoms with E-state index in [1.165, 1.54) is 12.0 Å². The number of hydrogen-bond acceptors (Lipinski definition) is 5. The predicted octanol–water partition coefficient (Wildman–Crippen LogP) is 2.99. The predicted molar refractivity (Wildman–Crippen MR) is 107 cm³/mol. The number of aromatic amines is 1. The van der Waals surface area contributed by atoms with Crippen LogP contribution in [0.5, 0.6) is 11.5 Å². The third kappa shape index (κ3) is 4.14. The lowest BCUT2D eigenvalue weighted by Crippen LogP contribution is -2.28. The second kappa shape index (κ2) is 8.56. The molecule has 0 fully saturated rings. The molecule has 0 radical (unpaired) electrons. The fourth-order valence-corrected chi connectivity index (χ4v) is 2.86. The van der Waals surface area contributed by atoms with Crippen molar-refractivity contribution in [2.24, 2.45) is 0 Å². The van der Waals surface area contributed by atoms with Crippen molar-refractivity contribution in [2.75, 3.05) is 20.8 Å². The minimum atomic E-state index is -0.222. The summed E-state index contributed by atoms with van der Waals surface area (Å²) in [6.07, 6.45) is 0.879. The fourth-order valence-electron chi connectivity index (χ4n) is 2.86. The zero-order chi connectivity index (χ0) is 20.1. The Labute approximate surface area is 162 Å². The Morgan fingerprint density at radius 2 is 1.96 bits per heavy atom. The van der Waals surface area contributed by atoms with Crippen molar-refractivity contribution in [2.45, 2.75) is 19.9 Å². The number of para-hydroxylation sites is 1. The molecule has 7 nitrogen and oxygen atoms in total. The summed E-state index contributed by atoms with van der Waals surface area (Å²) in [4.78, 5) is 33.7. The maximum Gasteiger partial charge on any atom is 0.258 e. The Bertz CT molecular complexity index is 1050. The van der Waals surface area contributed by atoms with E-state index in [-0.39, 0.29) is 18.0 Å². The molecule has 1 amide bonds. The number of aromatic nitrogens is 2. The molecule has 0 aliphatic heterocycles. The van der Waals surface area contributed by atoms with Gasteiger partial charge in [0, 0.05) is 12.6 Å². The normalized spacial score (nSPS) is 10.7. The molecule has 1 N–H and O–H groups in total. The molecule has 0 aliphatic carbocycles. The lowest BCUT2D eigenvalue weighted by molar-refractivity contribution is 0.0781. The summed E-state index contributed by atoms with van der Waals surface area (Å²) in [7, 11) is 3.20. The molecule has 3 aromatic rings. The van der Waals surface area contributed by atoms with Crippen LogP contribution >= 0.6 is 0 Å². The number of nitrogens with zero attached hydrogens (tertiary/aromatic N) is 2. The monoisotopic (exact) mass is 381 g/mol. The second-order valence-corrected chi connectivity index (χ2v) is 6.41. The second-order valence-electron chi connectivity index (χ2n) is 6.41. The van der Waals surface area contributed by atoms with Crippen molar-refractivity contribution in [3.63, 3.8) is 0 Å². The van der Waals surface area contributed by atoms with Crippen LogP contribution in [0.15, 0.2) is 47.3 Å². The molecular formula is C21H23N3O4. The van der Waals surface area contributed by atoms with E-state index in [0.29, 0.717) is 40.4 Å². The van der Waals surface area contributed by atoms with E-state index in [0.717, 1.165) is 6.42 Å². The number of nitrogens with one attached hydrogen (secondary N) is 1.